The van der Waals surface area contributed by atoms with Crippen LogP contribution in [0.5, 0.6) is 0 Å². The van der Waals surface area contributed by atoms with Crippen molar-refractivity contribution in [1.29, 1.82) is 0 Å². The molecule has 0 aromatic rings. The number of alkyl halides is 6. The SMILES string of the molecule is CC(=O)OC1CC(=C/C=C2\CCC[C@@]3(C)C2CCC3C(C)C/C=C\C(O)(C(F)(F)F)C(F)(F)F)C[C@@H](OC(C)=O)C1. The summed E-state index contributed by atoms with van der Waals surface area (Å²) in [6, 6.07) is 0. The summed E-state index contributed by atoms with van der Waals surface area (Å²) in [6.07, 6.45) is -1.88. The normalized spacial score (nSPS) is 32.3. The third-order valence-electron chi connectivity index (χ3n) is 9.16. The summed E-state index contributed by atoms with van der Waals surface area (Å²) in [7, 11) is 0. The highest BCUT2D eigenvalue weighted by Crippen LogP contribution is 2.60. The highest BCUT2D eigenvalue weighted by Gasteiger charge is 2.69. The largest absolute Gasteiger partial charge is 0.462 e. The van der Waals surface area contributed by atoms with Crippen molar-refractivity contribution < 1.29 is 50.5 Å². The molecule has 6 atom stereocenters. The summed E-state index contributed by atoms with van der Waals surface area (Å²) in [5, 5.41) is 9.42. The van der Waals surface area contributed by atoms with Crippen molar-refractivity contribution in [2.24, 2.45) is 23.2 Å². The molecule has 0 heterocycles. The number of fused-ring (bicyclic) bond motifs is 1. The Morgan fingerprint density at radius 2 is 1.56 bits per heavy atom. The van der Waals surface area contributed by atoms with Crippen LogP contribution in [-0.2, 0) is 19.1 Å². The topological polar surface area (TPSA) is 72.8 Å². The molecule has 3 saturated carbocycles. The van der Waals surface area contributed by atoms with Gasteiger partial charge >= 0.3 is 24.3 Å². The molecule has 0 amide bonds. The first-order valence-electron chi connectivity index (χ1n) is 14.1. The molecule has 232 valence electrons. The van der Waals surface area contributed by atoms with E-state index in [1.54, 1.807) is 0 Å². The first-order valence-corrected chi connectivity index (χ1v) is 14.1. The first kappa shape index (κ1) is 33.2. The summed E-state index contributed by atoms with van der Waals surface area (Å²) < 4.78 is 89.0. The van der Waals surface area contributed by atoms with Gasteiger partial charge in [-0.1, -0.05) is 43.2 Å². The molecule has 1 N–H and O–H groups in total. The van der Waals surface area contributed by atoms with E-state index >= 15 is 0 Å². The van der Waals surface area contributed by atoms with Crippen molar-refractivity contribution >= 4 is 11.9 Å². The van der Waals surface area contributed by atoms with Gasteiger partial charge in [0.2, 0.25) is 0 Å². The Bertz CT molecular complexity index is 1020. The van der Waals surface area contributed by atoms with E-state index < -0.39 is 29.9 Å². The minimum absolute atomic E-state index is 0.0143. The van der Waals surface area contributed by atoms with Gasteiger partial charge in [0, 0.05) is 33.1 Å². The fourth-order valence-electron chi connectivity index (χ4n) is 7.32. The maximum absolute atomic E-state index is 13.0. The van der Waals surface area contributed by atoms with Crippen LogP contribution in [0.15, 0.2) is 35.5 Å². The van der Waals surface area contributed by atoms with Gasteiger partial charge in [-0.3, -0.25) is 9.59 Å². The first-order chi connectivity index (χ1) is 18.9. The smallest absolute Gasteiger partial charge is 0.429 e. The zero-order valence-corrected chi connectivity index (χ0v) is 23.9. The monoisotopic (exact) mass is 594 g/mol. The number of carbonyl (C=O) groups is 2. The number of esters is 2. The van der Waals surface area contributed by atoms with Crippen LogP contribution in [0.4, 0.5) is 26.3 Å². The Labute approximate surface area is 237 Å². The third-order valence-corrected chi connectivity index (χ3v) is 9.16. The van der Waals surface area contributed by atoms with Crippen LogP contribution in [0, 0.1) is 23.2 Å². The summed E-state index contributed by atoms with van der Waals surface area (Å²) in [5.74, 6) is -0.668. The van der Waals surface area contributed by atoms with Crippen molar-refractivity contribution in [1.82, 2.24) is 0 Å². The number of hydrogen-bond donors (Lipinski definition) is 1. The molecule has 5 nitrogen and oxygen atoms in total. The Hall–Kier alpha value is -2.30. The molecular formula is C30H40F6O5. The van der Waals surface area contributed by atoms with Crippen LogP contribution in [0.3, 0.4) is 0 Å². The minimum Gasteiger partial charge on any atom is -0.462 e. The lowest BCUT2D eigenvalue weighted by Crippen LogP contribution is -2.55. The Morgan fingerprint density at radius 1 is 1.00 bits per heavy atom. The summed E-state index contributed by atoms with van der Waals surface area (Å²) >= 11 is 0. The summed E-state index contributed by atoms with van der Waals surface area (Å²) in [6.45, 7) is 6.67. The standard InChI is InChI=1S/C30H40F6O5/c1-18(7-5-14-28(39,29(31,32)33)30(34,35)36)25-11-12-26-22(8-6-13-27(25,26)4)10-9-21-15-23(40-19(2)37)17-24(16-21)41-20(3)38/h5,9-10,14,18,23-26,39H,6-8,11-13,15-17H2,1-4H3/b14-5-,21-9?,22-10+/t18?,23-,24?,25?,26?,27-/m1/s1. The van der Waals surface area contributed by atoms with Gasteiger partial charge in [-0.05, 0) is 67.8 Å². The predicted octanol–water partition coefficient (Wildman–Crippen LogP) is 7.54. The molecular weight excluding hydrogens is 554 g/mol. The van der Waals surface area contributed by atoms with E-state index in [0.717, 1.165) is 43.8 Å². The number of rotatable bonds is 7. The van der Waals surface area contributed by atoms with Gasteiger partial charge in [0.1, 0.15) is 12.2 Å². The van der Waals surface area contributed by atoms with Crippen LogP contribution in [0.2, 0.25) is 0 Å². The lowest BCUT2D eigenvalue weighted by Gasteiger charge is -2.44. The molecule has 41 heavy (non-hydrogen) atoms. The van der Waals surface area contributed by atoms with Crippen LogP contribution in [-0.4, -0.2) is 47.2 Å². The van der Waals surface area contributed by atoms with E-state index in [2.05, 4.69) is 13.0 Å². The second-order valence-electron chi connectivity index (χ2n) is 12.1. The highest BCUT2D eigenvalue weighted by molar-refractivity contribution is 5.67. The number of aliphatic hydroxyl groups is 1. The Morgan fingerprint density at radius 3 is 2.07 bits per heavy atom. The molecule has 0 bridgehead atoms. The van der Waals surface area contributed by atoms with Crippen LogP contribution in [0.25, 0.3) is 0 Å². The maximum atomic E-state index is 13.0. The van der Waals surface area contributed by atoms with Gasteiger partial charge in [-0.25, -0.2) is 0 Å². The number of halogens is 6. The minimum atomic E-state index is -5.87. The van der Waals surface area contributed by atoms with Crippen LogP contribution in [0.1, 0.15) is 85.5 Å². The fourth-order valence-corrected chi connectivity index (χ4v) is 7.32. The second kappa shape index (κ2) is 12.5. The van der Waals surface area contributed by atoms with Gasteiger partial charge in [0.25, 0.3) is 5.60 Å². The average molecular weight is 595 g/mol. The van der Waals surface area contributed by atoms with Crippen LogP contribution < -0.4 is 0 Å². The van der Waals surface area contributed by atoms with Crippen molar-refractivity contribution in [2.45, 2.75) is 116 Å². The molecule has 3 rings (SSSR count). The van der Waals surface area contributed by atoms with E-state index in [9.17, 15) is 41.0 Å². The van der Waals surface area contributed by atoms with Gasteiger partial charge in [0.15, 0.2) is 0 Å². The Kier molecular flexibility index (Phi) is 10.1. The number of allylic oxidation sites excluding steroid dienone is 4. The zero-order chi connectivity index (χ0) is 30.8. The van der Waals surface area contributed by atoms with Crippen molar-refractivity contribution in [3.05, 3.63) is 35.5 Å². The second-order valence-corrected chi connectivity index (χ2v) is 12.1. The molecule has 0 aromatic heterocycles. The molecule has 4 unspecified atom stereocenters. The lowest BCUT2D eigenvalue weighted by molar-refractivity contribution is -0.347. The molecule has 3 fully saturated rings. The number of hydrogen-bond acceptors (Lipinski definition) is 5. The zero-order valence-electron chi connectivity index (χ0n) is 23.9. The third kappa shape index (κ3) is 7.56. The van der Waals surface area contributed by atoms with E-state index in [1.807, 2.05) is 13.0 Å². The summed E-state index contributed by atoms with van der Waals surface area (Å²) in [5.41, 5.74) is -2.78. The molecule has 3 aliphatic carbocycles. The van der Waals surface area contributed by atoms with Gasteiger partial charge in [-0.2, -0.15) is 26.3 Å². The number of carbonyl (C=O) groups excluding carboxylic acids is 2. The van der Waals surface area contributed by atoms with Gasteiger partial charge < -0.3 is 14.6 Å². The van der Waals surface area contributed by atoms with Crippen LogP contribution >= 0.6 is 0 Å². The van der Waals surface area contributed by atoms with E-state index in [4.69, 9.17) is 9.47 Å². The van der Waals surface area contributed by atoms with E-state index in [-0.39, 0.29) is 47.9 Å². The maximum Gasteiger partial charge on any atom is 0.429 e. The van der Waals surface area contributed by atoms with E-state index in [1.165, 1.54) is 19.4 Å². The predicted molar refractivity (Wildman–Crippen MR) is 139 cm³/mol. The molecule has 0 spiro atoms. The average Bonchev–Trinajstić information content (AvgIpc) is 3.17. The quantitative estimate of drug-likeness (QED) is 0.187. The van der Waals surface area contributed by atoms with Gasteiger partial charge in [0.05, 0.1) is 0 Å². The van der Waals surface area contributed by atoms with Crippen molar-refractivity contribution in [3.63, 3.8) is 0 Å². The lowest BCUT2D eigenvalue weighted by atomic mass is 9.61. The van der Waals surface area contributed by atoms with Gasteiger partial charge in [-0.15, -0.1) is 0 Å². The molecule has 11 heteroatoms. The fraction of sp³-hybridized carbons (Fsp3) is 0.733. The van der Waals surface area contributed by atoms with Crippen molar-refractivity contribution in [2.75, 3.05) is 0 Å². The molecule has 3 aliphatic rings. The number of ether oxygens (including phenoxy) is 2. The molecule has 0 saturated heterocycles. The molecule has 0 aliphatic heterocycles. The molecule has 0 aromatic carbocycles. The van der Waals surface area contributed by atoms with Crippen molar-refractivity contribution in [3.8, 4) is 0 Å². The Balaban J connectivity index is 1.75. The molecule has 0 radical (unpaired) electrons. The summed E-state index contributed by atoms with van der Waals surface area (Å²) in [4.78, 5) is 23.0. The van der Waals surface area contributed by atoms with E-state index in [0.29, 0.717) is 19.3 Å². The highest BCUT2D eigenvalue weighted by atomic mass is 19.4.